The van der Waals surface area contributed by atoms with Crippen LogP contribution in [0.5, 0.6) is 5.88 Å². The van der Waals surface area contributed by atoms with Crippen molar-refractivity contribution in [3.8, 4) is 28.6 Å². The molecule has 0 spiro atoms. The van der Waals surface area contributed by atoms with Crippen molar-refractivity contribution < 1.29 is 38.1 Å². The van der Waals surface area contributed by atoms with E-state index in [9.17, 15) is 19.5 Å². The first-order valence-electron chi connectivity index (χ1n) is 22.0. The summed E-state index contributed by atoms with van der Waals surface area (Å²) >= 11 is 1.25. The highest BCUT2D eigenvalue weighted by molar-refractivity contribution is 7.98. The van der Waals surface area contributed by atoms with Crippen molar-refractivity contribution in [3.05, 3.63) is 35.6 Å². The Morgan fingerprint density at radius 1 is 0.938 bits per heavy atom. The number of imide groups is 1. The molecule has 64 heavy (non-hydrogen) atoms. The van der Waals surface area contributed by atoms with E-state index >= 15 is 4.39 Å². The molecule has 342 valence electrons. The van der Waals surface area contributed by atoms with Crippen molar-refractivity contribution in [2.75, 3.05) is 22.6 Å². The maximum atomic E-state index is 18.1. The molecule has 1 N–H and O–H groups in total. The van der Waals surface area contributed by atoms with E-state index in [-0.39, 0.29) is 39.9 Å². The maximum Gasteiger partial charge on any atom is 0.425 e. The summed E-state index contributed by atoms with van der Waals surface area (Å²) < 4.78 is 36.3. The van der Waals surface area contributed by atoms with Crippen molar-refractivity contribution in [1.82, 2.24) is 24.8 Å². The predicted octanol–water partition coefficient (Wildman–Crippen LogP) is 10.8. The Morgan fingerprint density at radius 2 is 1.56 bits per heavy atom. The first-order valence-corrected chi connectivity index (χ1v) is 25.5. The molecule has 1 aromatic carbocycles. The van der Waals surface area contributed by atoms with E-state index in [0.717, 1.165) is 0 Å². The molecule has 3 aromatic heterocycles. The Balaban J connectivity index is 1.56. The van der Waals surface area contributed by atoms with Gasteiger partial charge in [-0.15, -0.1) is 5.54 Å². The number of carbonyl (C=O) groups excluding carboxylic acids is 2. The van der Waals surface area contributed by atoms with Gasteiger partial charge in [0.15, 0.2) is 11.0 Å². The van der Waals surface area contributed by atoms with Crippen LogP contribution in [0, 0.1) is 17.3 Å². The minimum atomic E-state index is -2.30. The zero-order chi connectivity index (χ0) is 47.0. The van der Waals surface area contributed by atoms with Gasteiger partial charge in [-0.1, -0.05) is 65.3 Å². The first kappa shape index (κ1) is 46.8. The lowest BCUT2D eigenvalue weighted by Gasteiger charge is -2.47. The van der Waals surface area contributed by atoms with Crippen LogP contribution in [0.15, 0.2) is 29.4 Å². The van der Waals surface area contributed by atoms with Gasteiger partial charge in [0.1, 0.15) is 53.6 Å². The van der Waals surface area contributed by atoms with Crippen LogP contribution in [0.1, 0.15) is 108 Å². The highest BCUT2D eigenvalue weighted by Gasteiger charge is 2.53. The number of thioether (sulfide) groups is 1. The molecule has 2 saturated heterocycles. The third-order valence-corrected chi connectivity index (χ3v) is 19.4. The van der Waals surface area contributed by atoms with E-state index in [1.165, 1.54) is 22.7 Å². The highest BCUT2D eigenvalue weighted by atomic mass is 32.2. The Kier molecular flexibility index (Phi) is 12.4. The molecular formula is C47H60FN7O7SSi. The van der Waals surface area contributed by atoms with E-state index in [1.54, 1.807) is 59.9 Å². The summed E-state index contributed by atoms with van der Waals surface area (Å²) in [4.78, 5) is 64.5. The van der Waals surface area contributed by atoms with Gasteiger partial charge in [0, 0.05) is 23.1 Å². The third kappa shape index (κ3) is 8.32. The summed E-state index contributed by atoms with van der Waals surface area (Å²) in [5.74, 6) is 3.04. The number of hydrogen-bond donors (Lipinski definition) is 1. The molecule has 0 saturated carbocycles. The van der Waals surface area contributed by atoms with Gasteiger partial charge in [-0.2, -0.15) is 4.90 Å². The number of pyridine rings is 2. The average molecular weight is 914 g/mol. The fourth-order valence-electron chi connectivity index (χ4n) is 10.2. The number of aromatic nitrogens is 4. The number of piperazine rings is 1. The standard InChI is InChI=1S/C47H60FN7O7SSi/c1-24(2)64(25(3)4,26(5)6)21-20-28-16-15-17-31-34(28)30(22-33(49-31)55(44(58)61-46(8,9)10)45(59)62-47(11,12)13)37-36(48)38-35-40(52-42(51-38)63-14)53-23-29-18-19-32(54(29)43(56)57)39(53)27(7)60-41(35)50-37/h15-17,22,24-27,29,32,39H,18-19,23H2,1-14H3,(H,56,57). The fourth-order valence-corrected chi connectivity index (χ4v) is 15.7. The van der Waals surface area contributed by atoms with Crippen LogP contribution in [-0.2, 0) is 9.47 Å². The molecule has 0 radical (unpaired) electrons. The first-order chi connectivity index (χ1) is 29.9. The van der Waals surface area contributed by atoms with E-state index < -0.39 is 61.6 Å². The number of ether oxygens (including phenoxy) is 3. The molecule has 4 atom stereocenters. The van der Waals surface area contributed by atoms with Crippen LogP contribution in [0.4, 0.5) is 30.4 Å². The van der Waals surface area contributed by atoms with Crippen molar-refractivity contribution in [2.45, 2.75) is 160 Å². The summed E-state index contributed by atoms with van der Waals surface area (Å²) in [5, 5.41) is 11.3. The predicted molar refractivity (Wildman–Crippen MR) is 251 cm³/mol. The Bertz CT molecular complexity index is 2550. The van der Waals surface area contributed by atoms with Crippen LogP contribution in [-0.4, -0.2) is 105 Å². The van der Waals surface area contributed by atoms with E-state index in [0.29, 0.717) is 68.4 Å². The normalized spacial score (nSPS) is 19.7. The Morgan fingerprint density at radius 3 is 2.12 bits per heavy atom. The number of fused-ring (bicyclic) bond motifs is 6. The van der Waals surface area contributed by atoms with Crippen molar-refractivity contribution in [3.63, 3.8) is 0 Å². The minimum absolute atomic E-state index is 0.0488. The molecule has 14 nitrogen and oxygen atoms in total. The van der Waals surface area contributed by atoms with Crippen LogP contribution in [0.25, 0.3) is 33.1 Å². The molecular weight excluding hydrogens is 854 g/mol. The Hall–Kier alpha value is -5.21. The maximum absolute atomic E-state index is 18.1. The number of benzene rings is 1. The highest BCUT2D eigenvalue weighted by Crippen LogP contribution is 2.48. The van der Waals surface area contributed by atoms with Gasteiger partial charge in [-0.3, -0.25) is 4.90 Å². The molecule has 0 aliphatic carbocycles. The number of amides is 3. The lowest BCUT2D eigenvalue weighted by Crippen LogP contribution is -2.64. The lowest BCUT2D eigenvalue weighted by molar-refractivity contribution is 0.0428. The summed E-state index contributed by atoms with van der Waals surface area (Å²) in [5.41, 5.74) is 3.54. The van der Waals surface area contributed by atoms with Gasteiger partial charge in [0.05, 0.1) is 23.6 Å². The molecule has 7 rings (SSSR count). The van der Waals surface area contributed by atoms with E-state index in [2.05, 4.69) is 57.9 Å². The second kappa shape index (κ2) is 17.0. The number of hydrogen-bond acceptors (Lipinski definition) is 12. The zero-order valence-corrected chi connectivity index (χ0v) is 41.1. The molecule has 3 aliphatic heterocycles. The van der Waals surface area contributed by atoms with Crippen molar-refractivity contribution >= 4 is 71.6 Å². The minimum Gasteiger partial charge on any atom is -0.472 e. The number of carboxylic acid groups (broad SMARTS) is 1. The van der Waals surface area contributed by atoms with Crippen molar-refractivity contribution in [2.24, 2.45) is 0 Å². The summed E-state index contributed by atoms with van der Waals surface area (Å²) in [7, 11) is -2.30. The third-order valence-electron chi connectivity index (χ3n) is 12.6. The van der Waals surface area contributed by atoms with Crippen LogP contribution in [0.2, 0.25) is 16.6 Å². The number of halogens is 1. The van der Waals surface area contributed by atoms with Gasteiger partial charge in [0.2, 0.25) is 5.88 Å². The molecule has 4 aromatic rings. The average Bonchev–Trinajstić information content (AvgIpc) is 3.43. The molecule has 17 heteroatoms. The smallest absolute Gasteiger partial charge is 0.425 e. The van der Waals surface area contributed by atoms with Crippen LogP contribution < -0.4 is 14.5 Å². The van der Waals surface area contributed by atoms with Gasteiger partial charge in [-0.05, 0) is 102 Å². The van der Waals surface area contributed by atoms with Crippen LogP contribution in [0.3, 0.4) is 0 Å². The molecule has 2 bridgehead atoms. The summed E-state index contributed by atoms with van der Waals surface area (Å²) in [6.07, 6.45) is -0.583. The quantitative estimate of drug-likeness (QED) is 0.0843. The van der Waals surface area contributed by atoms with E-state index in [4.69, 9.17) is 34.1 Å². The van der Waals surface area contributed by atoms with Crippen LogP contribution >= 0.6 is 11.8 Å². The van der Waals surface area contributed by atoms with E-state index in [1.807, 2.05) is 13.0 Å². The number of anilines is 2. The largest absolute Gasteiger partial charge is 0.472 e. The summed E-state index contributed by atoms with van der Waals surface area (Å²) in [6.45, 7) is 25.6. The lowest BCUT2D eigenvalue weighted by atomic mass is 9.98. The second-order valence-corrected chi connectivity index (χ2v) is 26.3. The van der Waals surface area contributed by atoms with Gasteiger partial charge in [0.25, 0.3) is 0 Å². The second-order valence-electron chi connectivity index (χ2n) is 20.0. The molecule has 3 amide bonds. The number of carbonyl (C=O) groups is 3. The van der Waals surface area contributed by atoms with Gasteiger partial charge < -0.3 is 24.2 Å². The molecule has 6 heterocycles. The van der Waals surface area contributed by atoms with Gasteiger partial charge >= 0.3 is 18.3 Å². The number of rotatable bonds is 6. The molecule has 4 unspecified atom stereocenters. The molecule has 2 fully saturated rings. The SMILES string of the molecule is CSc1nc2c3c(nc(-c4cc(N(C(=O)OC(C)(C)C)C(=O)OC(C)(C)C)nc5cccc(C#C[Si](C(C)C)(C(C)C)C(C)C)c45)c(F)c3n1)OC(C)C1C3CCC(CN21)N3C(=O)O. The fraction of sp³-hybridized carbons (Fsp3) is 0.553. The van der Waals surface area contributed by atoms with Crippen molar-refractivity contribution in [1.29, 1.82) is 0 Å². The Labute approximate surface area is 380 Å². The zero-order valence-electron chi connectivity index (χ0n) is 39.3. The summed E-state index contributed by atoms with van der Waals surface area (Å²) in [6, 6.07) is 5.67. The number of nitrogens with zero attached hydrogens (tertiary/aromatic N) is 7. The monoisotopic (exact) mass is 913 g/mol. The topological polar surface area (TPSA) is 160 Å². The molecule has 3 aliphatic rings. The van der Waals surface area contributed by atoms with Gasteiger partial charge in [-0.25, -0.2) is 38.7 Å².